The van der Waals surface area contributed by atoms with Gasteiger partial charge in [-0.1, -0.05) is 0 Å². The molecule has 4 rings (SSSR count). The molecule has 0 unspecified atom stereocenters. The molecule has 35 heavy (non-hydrogen) atoms. The van der Waals surface area contributed by atoms with Crippen LogP contribution in [-0.2, 0) is 10.0 Å². The first-order valence-corrected chi connectivity index (χ1v) is 11.6. The first-order valence-electron chi connectivity index (χ1n) is 10.1. The maximum atomic E-state index is 14.9. The van der Waals surface area contributed by atoms with Crippen molar-refractivity contribution in [3.8, 4) is 28.7 Å². The number of anilines is 1. The van der Waals surface area contributed by atoms with Crippen molar-refractivity contribution in [2.24, 2.45) is 0 Å². The fourth-order valence-corrected chi connectivity index (χ4v) is 4.39. The molecule has 0 fully saturated rings. The van der Waals surface area contributed by atoms with Crippen LogP contribution in [0.15, 0.2) is 65.7 Å². The summed E-state index contributed by atoms with van der Waals surface area (Å²) >= 11 is 0. The summed E-state index contributed by atoms with van der Waals surface area (Å²) in [5.41, 5.74) is 0.490. The van der Waals surface area contributed by atoms with Crippen LogP contribution >= 0.6 is 0 Å². The van der Waals surface area contributed by atoms with Crippen molar-refractivity contribution in [1.29, 1.82) is 0 Å². The van der Waals surface area contributed by atoms with Crippen molar-refractivity contribution < 1.29 is 36.1 Å². The third-order valence-electron chi connectivity index (χ3n) is 5.04. The van der Waals surface area contributed by atoms with Gasteiger partial charge in [-0.2, -0.15) is 0 Å². The molecule has 4 aromatic rings. The van der Waals surface area contributed by atoms with Crippen LogP contribution in [0.1, 0.15) is 0 Å². The topological polar surface area (TPSA) is 96.0 Å². The molecule has 0 saturated carbocycles. The van der Waals surface area contributed by atoms with Crippen LogP contribution in [0.4, 0.5) is 14.5 Å². The van der Waals surface area contributed by atoms with Crippen LogP contribution in [0.3, 0.4) is 0 Å². The lowest BCUT2D eigenvalue weighted by Gasteiger charge is -2.14. The van der Waals surface area contributed by atoms with E-state index in [9.17, 15) is 17.2 Å². The number of nitrogens with one attached hydrogen (secondary N) is 1. The predicted molar refractivity (Wildman–Crippen MR) is 125 cm³/mol. The zero-order valence-corrected chi connectivity index (χ0v) is 19.7. The Labute approximate surface area is 200 Å². The van der Waals surface area contributed by atoms with E-state index >= 15 is 0 Å². The number of sulfonamides is 1. The molecular formula is C24H20F2N2O6S. The Bertz CT molecular complexity index is 1510. The van der Waals surface area contributed by atoms with Gasteiger partial charge in [-0.25, -0.2) is 17.2 Å². The fourth-order valence-electron chi connectivity index (χ4n) is 3.32. The quantitative estimate of drug-likeness (QED) is 0.357. The first-order chi connectivity index (χ1) is 16.7. The van der Waals surface area contributed by atoms with Gasteiger partial charge in [0, 0.05) is 29.8 Å². The molecule has 0 bridgehead atoms. The van der Waals surface area contributed by atoms with Gasteiger partial charge in [-0.05, 0) is 36.4 Å². The number of hydrogen-bond acceptors (Lipinski definition) is 7. The molecule has 0 aliphatic heterocycles. The minimum Gasteiger partial charge on any atom is -0.494 e. The van der Waals surface area contributed by atoms with Gasteiger partial charge in [0.05, 0.1) is 37.4 Å². The first kappa shape index (κ1) is 24.0. The molecular weight excluding hydrogens is 482 g/mol. The second-order valence-corrected chi connectivity index (χ2v) is 8.86. The summed E-state index contributed by atoms with van der Waals surface area (Å²) in [5.74, 6) is -0.667. The van der Waals surface area contributed by atoms with E-state index in [1.807, 2.05) is 0 Å². The van der Waals surface area contributed by atoms with Gasteiger partial charge in [0.15, 0.2) is 34.6 Å². The number of halogens is 2. The number of fused-ring (bicyclic) bond motifs is 1. The smallest absolute Gasteiger partial charge is 0.262 e. The van der Waals surface area contributed by atoms with Gasteiger partial charge >= 0.3 is 0 Å². The van der Waals surface area contributed by atoms with Crippen molar-refractivity contribution in [1.82, 2.24) is 4.98 Å². The second-order valence-electron chi connectivity index (χ2n) is 7.18. The molecule has 0 radical (unpaired) electrons. The Kier molecular flexibility index (Phi) is 6.61. The predicted octanol–water partition coefficient (Wildman–Crippen LogP) is 5.13. The Hall–Kier alpha value is -4.12. The molecule has 0 saturated heterocycles. The van der Waals surface area contributed by atoms with Crippen LogP contribution < -0.4 is 23.7 Å². The number of nitrogens with zero attached hydrogens (tertiary/aromatic N) is 1. The Balaban J connectivity index is 1.61. The zero-order chi connectivity index (χ0) is 25.2. The van der Waals surface area contributed by atoms with Gasteiger partial charge in [0.1, 0.15) is 5.75 Å². The highest BCUT2D eigenvalue weighted by atomic mass is 32.2. The van der Waals surface area contributed by atoms with Crippen molar-refractivity contribution in [3.63, 3.8) is 0 Å². The highest BCUT2D eigenvalue weighted by molar-refractivity contribution is 7.92. The normalized spacial score (nSPS) is 11.2. The average Bonchev–Trinajstić information content (AvgIpc) is 2.84. The van der Waals surface area contributed by atoms with Crippen molar-refractivity contribution >= 4 is 26.6 Å². The van der Waals surface area contributed by atoms with Crippen LogP contribution in [0.25, 0.3) is 10.9 Å². The summed E-state index contributed by atoms with van der Waals surface area (Å²) in [4.78, 5) is 4.03. The summed E-state index contributed by atoms with van der Waals surface area (Å²) in [7, 11) is 0.0746. The lowest BCUT2D eigenvalue weighted by molar-refractivity contribution is 0.355. The fraction of sp³-hybridized carbons (Fsp3) is 0.125. The minimum absolute atomic E-state index is 0.0517. The average molecular weight is 502 g/mol. The van der Waals surface area contributed by atoms with E-state index < -0.39 is 21.7 Å². The van der Waals surface area contributed by atoms with Crippen LogP contribution in [-0.4, -0.2) is 34.7 Å². The molecule has 8 nitrogen and oxygen atoms in total. The maximum absolute atomic E-state index is 14.9. The van der Waals surface area contributed by atoms with E-state index in [1.54, 1.807) is 18.2 Å². The molecule has 1 heterocycles. The van der Waals surface area contributed by atoms with E-state index in [0.29, 0.717) is 28.2 Å². The Morgan fingerprint density at radius 3 is 2.14 bits per heavy atom. The molecule has 0 aliphatic carbocycles. The third kappa shape index (κ3) is 4.90. The summed E-state index contributed by atoms with van der Waals surface area (Å²) in [6.07, 6.45) is 1.50. The number of methoxy groups -OCH3 is 3. The number of benzene rings is 3. The lowest BCUT2D eigenvalue weighted by atomic mass is 10.2. The number of pyridine rings is 1. The van der Waals surface area contributed by atoms with E-state index in [2.05, 4.69) is 9.71 Å². The van der Waals surface area contributed by atoms with E-state index in [4.69, 9.17) is 18.9 Å². The maximum Gasteiger partial charge on any atom is 0.262 e. The van der Waals surface area contributed by atoms with Crippen molar-refractivity contribution in [3.05, 3.63) is 72.4 Å². The molecule has 1 aromatic heterocycles. The summed E-state index contributed by atoms with van der Waals surface area (Å²) < 4.78 is 77.2. The van der Waals surface area contributed by atoms with Gasteiger partial charge < -0.3 is 18.9 Å². The largest absolute Gasteiger partial charge is 0.494 e. The number of ether oxygens (including phenoxy) is 4. The summed E-state index contributed by atoms with van der Waals surface area (Å²) in [6, 6.07) is 11.6. The third-order valence-corrected chi connectivity index (χ3v) is 6.42. The lowest BCUT2D eigenvalue weighted by Crippen LogP contribution is -2.13. The molecule has 0 spiro atoms. The molecule has 0 atom stereocenters. The van der Waals surface area contributed by atoms with E-state index in [0.717, 1.165) is 24.3 Å². The van der Waals surface area contributed by atoms with Gasteiger partial charge in [-0.3, -0.25) is 9.71 Å². The zero-order valence-electron chi connectivity index (χ0n) is 18.8. The van der Waals surface area contributed by atoms with Gasteiger partial charge in [0.25, 0.3) is 10.0 Å². The molecule has 0 amide bonds. The van der Waals surface area contributed by atoms with Crippen molar-refractivity contribution in [2.45, 2.75) is 4.90 Å². The van der Waals surface area contributed by atoms with Gasteiger partial charge in [0.2, 0.25) is 0 Å². The molecule has 1 N–H and O–H groups in total. The standard InChI is InChI=1S/C24H20F2N2O6S/c1-31-22-11-15(5-6-17(22)25)35(29,30)28-14-4-7-21(18(26)10-14)34-20-8-9-27-19-13-24(33-3)23(32-2)12-16(19)20/h4-13,28H,1-3H3. The molecule has 182 valence electrons. The Morgan fingerprint density at radius 2 is 1.46 bits per heavy atom. The van der Waals surface area contributed by atoms with E-state index in [-0.39, 0.29) is 22.1 Å². The van der Waals surface area contributed by atoms with E-state index in [1.165, 1.54) is 39.7 Å². The van der Waals surface area contributed by atoms with Gasteiger partial charge in [-0.15, -0.1) is 0 Å². The summed E-state index contributed by atoms with van der Waals surface area (Å²) in [6.45, 7) is 0. The minimum atomic E-state index is -4.13. The number of hydrogen-bond donors (Lipinski definition) is 1. The van der Waals surface area contributed by atoms with Crippen LogP contribution in [0.2, 0.25) is 0 Å². The van der Waals surface area contributed by atoms with Crippen molar-refractivity contribution in [2.75, 3.05) is 26.1 Å². The SMILES string of the molecule is COc1cc(S(=O)(=O)Nc2ccc(Oc3ccnc4cc(OC)c(OC)cc34)c(F)c2)ccc1F. The molecule has 3 aromatic carbocycles. The highest BCUT2D eigenvalue weighted by Crippen LogP contribution is 2.37. The monoisotopic (exact) mass is 502 g/mol. The highest BCUT2D eigenvalue weighted by Gasteiger charge is 2.19. The summed E-state index contributed by atoms with van der Waals surface area (Å²) in [5, 5.41) is 0.555. The van der Waals surface area contributed by atoms with Crippen LogP contribution in [0, 0.1) is 11.6 Å². The molecule has 0 aliphatic rings. The number of rotatable bonds is 8. The second kappa shape index (κ2) is 9.63. The number of aromatic nitrogens is 1. The molecule has 11 heteroatoms. The Morgan fingerprint density at radius 1 is 0.743 bits per heavy atom. The van der Waals surface area contributed by atoms with Crippen LogP contribution in [0.5, 0.6) is 28.7 Å².